The van der Waals surface area contributed by atoms with Crippen molar-refractivity contribution < 1.29 is 37.1 Å². The fourth-order valence-corrected chi connectivity index (χ4v) is 4.26. The fourth-order valence-electron chi connectivity index (χ4n) is 1.68. The standard InChI is InChI=1S/C16H34O8P2Si/c1-14(11-12-22-26(20,21)24-25(17,18)19)9-8-10-15(2)13-23-27(6,7)16(3,4)5/h9,11-12,15H,8,10,13H2,1-7H3,(H,20,21)(H2,17,18,19)/b12-11+,14-9?. The molecule has 0 saturated heterocycles. The lowest BCUT2D eigenvalue weighted by Gasteiger charge is -2.37. The lowest BCUT2D eigenvalue weighted by Crippen LogP contribution is -2.41. The molecule has 0 aromatic heterocycles. The van der Waals surface area contributed by atoms with Gasteiger partial charge in [0.15, 0.2) is 8.32 Å². The summed E-state index contributed by atoms with van der Waals surface area (Å²) >= 11 is 0. The first-order valence-corrected chi connectivity index (χ1v) is 14.6. The summed E-state index contributed by atoms with van der Waals surface area (Å²) in [6.45, 7) is 15.7. The fraction of sp³-hybridized carbons (Fsp3) is 0.750. The van der Waals surface area contributed by atoms with Crippen LogP contribution in [-0.4, -0.2) is 29.6 Å². The average molecular weight is 444 g/mol. The Bertz CT molecular complexity index is 618. The Balaban J connectivity index is 4.36. The molecule has 0 aliphatic carbocycles. The van der Waals surface area contributed by atoms with Crippen molar-refractivity contribution in [2.45, 2.75) is 65.6 Å². The van der Waals surface area contributed by atoms with E-state index in [-0.39, 0.29) is 5.04 Å². The van der Waals surface area contributed by atoms with Crippen molar-refractivity contribution >= 4 is 24.0 Å². The summed E-state index contributed by atoms with van der Waals surface area (Å²) in [6, 6.07) is 0. The summed E-state index contributed by atoms with van der Waals surface area (Å²) in [5.74, 6) is 0.401. The van der Waals surface area contributed by atoms with Gasteiger partial charge in [0.25, 0.3) is 0 Å². The van der Waals surface area contributed by atoms with E-state index >= 15 is 0 Å². The summed E-state index contributed by atoms with van der Waals surface area (Å²) in [5, 5.41) is 0.184. The Hall–Kier alpha value is -0.243. The number of allylic oxidation sites excluding steroid dienone is 3. The smallest absolute Gasteiger partial charge is 0.417 e. The van der Waals surface area contributed by atoms with Crippen molar-refractivity contribution in [3.63, 3.8) is 0 Å². The quantitative estimate of drug-likeness (QED) is 0.174. The van der Waals surface area contributed by atoms with Crippen LogP contribution in [0.1, 0.15) is 47.5 Å². The van der Waals surface area contributed by atoms with E-state index in [1.54, 1.807) is 6.92 Å². The molecule has 0 saturated carbocycles. The molecule has 0 spiro atoms. The van der Waals surface area contributed by atoms with Crippen molar-refractivity contribution in [1.29, 1.82) is 0 Å². The van der Waals surface area contributed by atoms with E-state index in [0.717, 1.165) is 31.3 Å². The molecule has 0 aliphatic rings. The second kappa shape index (κ2) is 10.5. The van der Waals surface area contributed by atoms with Crippen LogP contribution in [0, 0.1) is 5.92 Å². The number of phosphoric acid groups is 2. The van der Waals surface area contributed by atoms with Gasteiger partial charge in [-0.15, -0.1) is 0 Å². The predicted molar refractivity (Wildman–Crippen MR) is 108 cm³/mol. The van der Waals surface area contributed by atoms with E-state index in [9.17, 15) is 9.13 Å². The number of phosphoric ester groups is 1. The molecule has 0 aliphatic heterocycles. The van der Waals surface area contributed by atoms with Crippen LogP contribution >= 0.6 is 15.6 Å². The number of hydrogen-bond acceptors (Lipinski definition) is 5. The lowest BCUT2D eigenvalue weighted by atomic mass is 10.1. The number of rotatable bonds is 11. The van der Waals surface area contributed by atoms with E-state index in [2.05, 4.69) is 49.6 Å². The van der Waals surface area contributed by atoms with Gasteiger partial charge in [-0.2, -0.15) is 4.31 Å². The maximum Gasteiger partial charge on any atom is 0.535 e. The molecule has 0 aromatic rings. The van der Waals surface area contributed by atoms with Crippen molar-refractivity contribution in [1.82, 2.24) is 0 Å². The molecular weight excluding hydrogens is 410 g/mol. The summed E-state index contributed by atoms with van der Waals surface area (Å²) in [4.78, 5) is 26.1. The third-order valence-corrected chi connectivity index (χ3v) is 11.0. The monoisotopic (exact) mass is 444 g/mol. The zero-order chi connectivity index (χ0) is 21.5. The highest BCUT2D eigenvalue weighted by Gasteiger charge is 2.37. The largest absolute Gasteiger partial charge is 0.535 e. The molecule has 2 atom stereocenters. The third-order valence-electron chi connectivity index (χ3n) is 4.40. The first-order valence-electron chi connectivity index (χ1n) is 8.70. The van der Waals surface area contributed by atoms with Crippen LogP contribution in [0.25, 0.3) is 0 Å². The van der Waals surface area contributed by atoms with Gasteiger partial charge in [-0.1, -0.05) is 39.3 Å². The van der Waals surface area contributed by atoms with Crippen LogP contribution in [0.15, 0.2) is 24.0 Å². The van der Waals surface area contributed by atoms with Gasteiger partial charge in [-0.25, -0.2) is 9.13 Å². The van der Waals surface area contributed by atoms with Crippen molar-refractivity contribution in [2.24, 2.45) is 5.92 Å². The molecule has 11 heteroatoms. The van der Waals surface area contributed by atoms with Gasteiger partial charge in [-0.05, 0) is 49.9 Å². The minimum absolute atomic E-state index is 0.184. The molecule has 0 radical (unpaired) electrons. The first-order chi connectivity index (χ1) is 12.0. The van der Waals surface area contributed by atoms with E-state index < -0.39 is 24.0 Å². The Morgan fingerprint density at radius 2 is 1.74 bits per heavy atom. The average Bonchev–Trinajstić information content (AvgIpc) is 2.41. The van der Waals surface area contributed by atoms with Crippen LogP contribution in [-0.2, 0) is 22.4 Å². The molecule has 2 unspecified atom stereocenters. The minimum Gasteiger partial charge on any atom is -0.417 e. The summed E-state index contributed by atoms with van der Waals surface area (Å²) in [5.41, 5.74) is 0.781. The van der Waals surface area contributed by atoms with E-state index in [0.29, 0.717) is 5.92 Å². The second-order valence-electron chi connectivity index (χ2n) is 8.15. The summed E-state index contributed by atoms with van der Waals surface area (Å²) < 4.78 is 36.1. The Morgan fingerprint density at radius 3 is 2.22 bits per heavy atom. The molecular formula is C16H34O8P2Si. The van der Waals surface area contributed by atoms with Crippen LogP contribution in [0.3, 0.4) is 0 Å². The van der Waals surface area contributed by atoms with Gasteiger partial charge in [0.2, 0.25) is 0 Å². The highest BCUT2D eigenvalue weighted by molar-refractivity contribution is 7.60. The second-order valence-corrected chi connectivity index (χ2v) is 15.7. The molecule has 3 N–H and O–H groups in total. The van der Waals surface area contributed by atoms with Crippen molar-refractivity contribution in [3.05, 3.63) is 24.0 Å². The molecule has 0 rings (SSSR count). The Morgan fingerprint density at radius 1 is 1.19 bits per heavy atom. The molecule has 0 aromatic carbocycles. The van der Waals surface area contributed by atoms with E-state index in [1.807, 2.05) is 6.08 Å². The van der Waals surface area contributed by atoms with Gasteiger partial charge in [0, 0.05) is 6.61 Å². The Labute approximate surface area is 163 Å². The molecule has 27 heavy (non-hydrogen) atoms. The zero-order valence-corrected chi connectivity index (χ0v) is 20.0. The van der Waals surface area contributed by atoms with E-state index in [1.165, 1.54) is 6.08 Å². The highest BCUT2D eigenvalue weighted by atomic mass is 31.3. The topological polar surface area (TPSA) is 123 Å². The minimum atomic E-state index is -5.10. The molecule has 0 fully saturated rings. The first kappa shape index (κ1) is 26.8. The molecule has 0 bridgehead atoms. The van der Waals surface area contributed by atoms with Gasteiger partial charge >= 0.3 is 15.6 Å². The summed E-state index contributed by atoms with van der Waals surface area (Å²) in [6.07, 6.45) is 5.97. The summed E-state index contributed by atoms with van der Waals surface area (Å²) in [7, 11) is -11.7. The lowest BCUT2D eigenvalue weighted by molar-refractivity contribution is 0.217. The van der Waals surface area contributed by atoms with Gasteiger partial charge in [0.1, 0.15) is 0 Å². The van der Waals surface area contributed by atoms with Gasteiger partial charge < -0.3 is 18.7 Å². The molecule has 8 nitrogen and oxygen atoms in total. The molecule has 0 heterocycles. The maximum absolute atomic E-state index is 11.3. The number of hydrogen-bond donors (Lipinski definition) is 3. The van der Waals surface area contributed by atoms with Crippen LogP contribution in [0.4, 0.5) is 0 Å². The Kier molecular flexibility index (Phi) is 10.4. The molecule has 160 valence electrons. The van der Waals surface area contributed by atoms with Crippen LogP contribution in [0.2, 0.25) is 18.1 Å². The SMILES string of the molecule is CC(=CCCC(C)CO[Si](C)(C)C(C)(C)C)/C=C/OP(=O)(O)OP(=O)(O)O. The predicted octanol–water partition coefficient (Wildman–Crippen LogP) is 5.11. The molecule has 0 amide bonds. The van der Waals surface area contributed by atoms with Crippen LogP contribution < -0.4 is 0 Å². The van der Waals surface area contributed by atoms with Gasteiger partial charge in [-0.3, -0.25) is 4.89 Å². The van der Waals surface area contributed by atoms with E-state index in [4.69, 9.17) is 19.1 Å². The highest BCUT2D eigenvalue weighted by Crippen LogP contribution is 2.57. The maximum atomic E-state index is 11.3. The van der Waals surface area contributed by atoms with Crippen molar-refractivity contribution in [2.75, 3.05) is 6.61 Å². The van der Waals surface area contributed by atoms with Gasteiger partial charge in [0.05, 0.1) is 6.26 Å². The van der Waals surface area contributed by atoms with Crippen molar-refractivity contribution in [3.8, 4) is 0 Å². The van der Waals surface area contributed by atoms with Crippen LogP contribution in [0.5, 0.6) is 0 Å². The normalized spacial score (nSPS) is 17.8. The zero-order valence-electron chi connectivity index (χ0n) is 17.2. The third kappa shape index (κ3) is 12.8.